The van der Waals surface area contributed by atoms with Gasteiger partial charge in [0.15, 0.2) is 0 Å². The van der Waals surface area contributed by atoms with Crippen LogP contribution in [0.2, 0.25) is 5.02 Å². The highest BCUT2D eigenvalue weighted by molar-refractivity contribution is 6.30. The number of halogens is 1. The quantitative estimate of drug-likeness (QED) is 0.618. The lowest BCUT2D eigenvalue weighted by Crippen LogP contribution is -2.48. The van der Waals surface area contributed by atoms with Crippen molar-refractivity contribution in [2.24, 2.45) is 0 Å². The number of likely N-dealkylation sites (N-methyl/N-ethyl adjacent to an activating group) is 1. The molecule has 32 heavy (non-hydrogen) atoms. The molecule has 1 aromatic carbocycles. The molecular weight excluding hydrogens is 424 g/mol. The minimum absolute atomic E-state index is 0.0258. The molecule has 1 aliphatic heterocycles. The van der Waals surface area contributed by atoms with E-state index in [1.807, 2.05) is 43.3 Å². The summed E-state index contributed by atoms with van der Waals surface area (Å²) >= 11 is 6.32. The molecule has 0 unspecified atom stereocenters. The third-order valence-electron chi connectivity index (χ3n) is 6.24. The van der Waals surface area contributed by atoms with Gasteiger partial charge < -0.3 is 14.6 Å². The standard InChI is InChI=1S/C25H29ClN4O2/c1-3-28-10-12-29(13-11-28)24(20-7-4-8-21(26)15-20)23-22(31)14-18(2)30(25(23)32)17-19-6-5-9-27-16-19/h4-9,14-16,24,31H,3,10-13,17H2,1-2H3/t24-/m0/s1. The molecule has 0 spiro atoms. The third-order valence-corrected chi connectivity index (χ3v) is 6.48. The number of rotatable bonds is 6. The van der Waals surface area contributed by atoms with Crippen LogP contribution in [0, 0.1) is 6.92 Å². The number of aromatic hydroxyl groups is 1. The van der Waals surface area contributed by atoms with Gasteiger partial charge in [0.05, 0.1) is 18.2 Å². The molecule has 1 saturated heterocycles. The molecule has 2 aromatic heterocycles. The van der Waals surface area contributed by atoms with E-state index in [9.17, 15) is 9.90 Å². The van der Waals surface area contributed by atoms with Crippen molar-refractivity contribution in [2.45, 2.75) is 26.4 Å². The Bertz CT molecular complexity index is 1120. The fourth-order valence-electron chi connectivity index (χ4n) is 4.47. The van der Waals surface area contributed by atoms with Crippen LogP contribution in [0.25, 0.3) is 0 Å². The maximum absolute atomic E-state index is 13.8. The average Bonchev–Trinajstić information content (AvgIpc) is 2.80. The van der Waals surface area contributed by atoms with Crippen LogP contribution in [0.3, 0.4) is 0 Å². The molecule has 6 nitrogen and oxygen atoms in total. The summed E-state index contributed by atoms with van der Waals surface area (Å²) in [5.74, 6) is 0.0258. The number of benzene rings is 1. The van der Waals surface area contributed by atoms with E-state index in [-0.39, 0.29) is 17.4 Å². The maximum atomic E-state index is 13.8. The van der Waals surface area contributed by atoms with Gasteiger partial charge in [0.25, 0.3) is 5.56 Å². The van der Waals surface area contributed by atoms with E-state index in [0.29, 0.717) is 22.8 Å². The first-order valence-corrected chi connectivity index (χ1v) is 11.4. The normalized spacial score (nSPS) is 16.2. The fourth-order valence-corrected chi connectivity index (χ4v) is 4.67. The van der Waals surface area contributed by atoms with E-state index in [4.69, 9.17) is 11.6 Å². The van der Waals surface area contributed by atoms with Gasteiger partial charge >= 0.3 is 0 Å². The highest BCUT2D eigenvalue weighted by Gasteiger charge is 2.31. The van der Waals surface area contributed by atoms with Crippen molar-refractivity contribution in [1.82, 2.24) is 19.4 Å². The van der Waals surface area contributed by atoms with Crippen LogP contribution >= 0.6 is 11.6 Å². The molecule has 3 aromatic rings. The Morgan fingerprint density at radius 1 is 1.12 bits per heavy atom. The van der Waals surface area contributed by atoms with Crippen molar-refractivity contribution in [3.63, 3.8) is 0 Å². The second-order valence-electron chi connectivity index (χ2n) is 8.26. The molecule has 1 N–H and O–H groups in total. The Morgan fingerprint density at radius 3 is 2.56 bits per heavy atom. The summed E-state index contributed by atoms with van der Waals surface area (Å²) in [5, 5.41) is 11.6. The first-order valence-electron chi connectivity index (χ1n) is 11.0. The summed E-state index contributed by atoms with van der Waals surface area (Å²) in [4.78, 5) is 22.6. The zero-order chi connectivity index (χ0) is 22.7. The minimum Gasteiger partial charge on any atom is -0.507 e. The fraction of sp³-hybridized carbons (Fsp3) is 0.360. The molecule has 0 bridgehead atoms. The van der Waals surface area contributed by atoms with Gasteiger partial charge in [0, 0.05) is 49.3 Å². The van der Waals surface area contributed by atoms with Gasteiger partial charge in [-0.05, 0) is 48.9 Å². The number of aryl methyl sites for hydroxylation is 1. The van der Waals surface area contributed by atoms with Gasteiger partial charge in [-0.2, -0.15) is 0 Å². The van der Waals surface area contributed by atoms with Crippen molar-refractivity contribution >= 4 is 11.6 Å². The number of pyridine rings is 2. The Hall–Kier alpha value is -2.67. The molecule has 1 aliphatic rings. The summed E-state index contributed by atoms with van der Waals surface area (Å²) in [6, 6.07) is 12.7. The highest BCUT2D eigenvalue weighted by atomic mass is 35.5. The Morgan fingerprint density at radius 2 is 1.91 bits per heavy atom. The van der Waals surface area contributed by atoms with Crippen LogP contribution in [0.5, 0.6) is 5.75 Å². The lowest BCUT2D eigenvalue weighted by atomic mass is 9.96. The van der Waals surface area contributed by atoms with E-state index >= 15 is 0 Å². The summed E-state index contributed by atoms with van der Waals surface area (Å²) in [7, 11) is 0. The average molecular weight is 453 g/mol. The second kappa shape index (κ2) is 9.86. The van der Waals surface area contributed by atoms with E-state index in [0.717, 1.165) is 43.9 Å². The molecule has 168 valence electrons. The van der Waals surface area contributed by atoms with Crippen LogP contribution < -0.4 is 5.56 Å². The van der Waals surface area contributed by atoms with Gasteiger partial charge in [-0.25, -0.2) is 0 Å². The summed E-state index contributed by atoms with van der Waals surface area (Å²) in [6.07, 6.45) is 3.48. The summed E-state index contributed by atoms with van der Waals surface area (Å²) < 4.78 is 1.71. The number of hydrogen-bond donors (Lipinski definition) is 1. The first kappa shape index (κ1) is 22.5. The zero-order valence-corrected chi connectivity index (χ0v) is 19.3. The molecule has 3 heterocycles. The molecule has 0 radical (unpaired) electrons. The van der Waals surface area contributed by atoms with Gasteiger partial charge in [-0.3, -0.25) is 14.7 Å². The van der Waals surface area contributed by atoms with Gasteiger partial charge in [0.1, 0.15) is 5.75 Å². The van der Waals surface area contributed by atoms with E-state index < -0.39 is 0 Å². The topological polar surface area (TPSA) is 61.6 Å². The minimum atomic E-state index is -0.374. The van der Waals surface area contributed by atoms with Gasteiger partial charge in [-0.15, -0.1) is 0 Å². The highest BCUT2D eigenvalue weighted by Crippen LogP contribution is 2.34. The summed E-state index contributed by atoms with van der Waals surface area (Å²) in [6.45, 7) is 8.86. The predicted octanol–water partition coefficient (Wildman–Crippen LogP) is 3.69. The van der Waals surface area contributed by atoms with E-state index in [1.165, 1.54) is 0 Å². The number of piperazine rings is 1. The third kappa shape index (κ3) is 4.72. The monoisotopic (exact) mass is 452 g/mol. The lowest BCUT2D eigenvalue weighted by Gasteiger charge is -2.39. The van der Waals surface area contributed by atoms with Crippen LogP contribution in [0.4, 0.5) is 0 Å². The molecule has 1 atom stereocenters. The van der Waals surface area contributed by atoms with Crippen LogP contribution in [-0.2, 0) is 6.54 Å². The van der Waals surface area contributed by atoms with Crippen molar-refractivity contribution in [1.29, 1.82) is 0 Å². The van der Waals surface area contributed by atoms with Crippen molar-refractivity contribution in [2.75, 3.05) is 32.7 Å². The van der Waals surface area contributed by atoms with Crippen LogP contribution in [-0.4, -0.2) is 57.2 Å². The summed E-state index contributed by atoms with van der Waals surface area (Å²) in [5.41, 5.74) is 2.76. The number of hydrogen-bond acceptors (Lipinski definition) is 5. The smallest absolute Gasteiger partial charge is 0.259 e. The number of aromatic nitrogens is 2. The Balaban J connectivity index is 1.82. The molecule has 1 fully saturated rings. The Labute approximate surface area is 193 Å². The molecule has 0 saturated carbocycles. The van der Waals surface area contributed by atoms with Gasteiger partial charge in [-0.1, -0.05) is 36.7 Å². The van der Waals surface area contributed by atoms with E-state index in [2.05, 4.69) is 21.7 Å². The zero-order valence-electron chi connectivity index (χ0n) is 18.5. The Kier molecular flexibility index (Phi) is 6.94. The predicted molar refractivity (Wildman–Crippen MR) is 127 cm³/mol. The van der Waals surface area contributed by atoms with Crippen molar-refractivity contribution < 1.29 is 5.11 Å². The largest absolute Gasteiger partial charge is 0.507 e. The van der Waals surface area contributed by atoms with E-state index in [1.54, 1.807) is 23.0 Å². The van der Waals surface area contributed by atoms with Crippen LogP contribution in [0.15, 0.2) is 59.7 Å². The lowest BCUT2D eigenvalue weighted by molar-refractivity contribution is 0.111. The van der Waals surface area contributed by atoms with Crippen LogP contribution in [0.1, 0.15) is 35.3 Å². The SMILES string of the molecule is CCN1CCN([C@@H](c2cccc(Cl)c2)c2c(O)cc(C)n(Cc3cccnc3)c2=O)CC1. The van der Waals surface area contributed by atoms with Crippen molar-refractivity contribution in [3.05, 3.63) is 92.6 Å². The van der Waals surface area contributed by atoms with Crippen molar-refractivity contribution in [3.8, 4) is 5.75 Å². The second-order valence-corrected chi connectivity index (χ2v) is 8.70. The molecule has 4 rings (SSSR count). The maximum Gasteiger partial charge on any atom is 0.259 e. The molecule has 7 heteroatoms. The first-order chi connectivity index (χ1) is 15.5. The molecule has 0 aliphatic carbocycles. The molecule has 0 amide bonds. The van der Waals surface area contributed by atoms with Gasteiger partial charge in [0.2, 0.25) is 0 Å². The number of nitrogens with zero attached hydrogens (tertiary/aromatic N) is 4. The molecular formula is C25H29ClN4O2.